The molecule has 0 unspecified atom stereocenters. The molecule has 1 N–H and O–H groups in total. The van der Waals surface area contributed by atoms with E-state index in [1.807, 2.05) is 0 Å². The number of methoxy groups -OCH3 is 1. The van der Waals surface area contributed by atoms with E-state index < -0.39 is 17.3 Å². The lowest BCUT2D eigenvalue weighted by Crippen LogP contribution is -2.26. The number of hydrogen-bond acceptors (Lipinski definition) is 5. The summed E-state index contributed by atoms with van der Waals surface area (Å²) >= 11 is 5.97. The molecule has 0 fully saturated rings. The van der Waals surface area contributed by atoms with Crippen LogP contribution in [0.1, 0.15) is 26.4 Å². The number of nitrogens with one attached hydrogen (secondary N) is 1. The number of aromatic nitrogens is 2. The standard InChI is InChI=1S/C19H16ClN3O4/c1-10-4-6-12(9-13(10)19(26)27-3)21-18(25)16-17(24)14-8-11(20)5-7-15(14)23(2)22-16/h4-9H,1-3H3,(H,21,25). The van der Waals surface area contributed by atoms with Crippen molar-refractivity contribution in [2.24, 2.45) is 7.05 Å². The van der Waals surface area contributed by atoms with Gasteiger partial charge in [-0.3, -0.25) is 14.3 Å². The average Bonchev–Trinajstić information content (AvgIpc) is 2.65. The molecule has 0 saturated heterocycles. The third-order valence-electron chi connectivity index (χ3n) is 4.13. The number of ether oxygens (including phenoxy) is 1. The van der Waals surface area contributed by atoms with Crippen molar-refractivity contribution in [1.82, 2.24) is 9.78 Å². The van der Waals surface area contributed by atoms with Crippen LogP contribution in [-0.4, -0.2) is 28.8 Å². The minimum Gasteiger partial charge on any atom is -0.465 e. The van der Waals surface area contributed by atoms with Gasteiger partial charge in [-0.25, -0.2) is 4.79 Å². The molecule has 2 aromatic carbocycles. The SMILES string of the molecule is COC(=O)c1cc(NC(=O)c2nn(C)c3ccc(Cl)cc3c2=O)ccc1C. The number of aryl methyl sites for hydroxylation is 2. The van der Waals surface area contributed by atoms with E-state index in [-0.39, 0.29) is 5.69 Å². The van der Waals surface area contributed by atoms with Gasteiger partial charge in [-0.1, -0.05) is 17.7 Å². The molecule has 1 heterocycles. The monoisotopic (exact) mass is 385 g/mol. The first kappa shape index (κ1) is 18.6. The van der Waals surface area contributed by atoms with Crippen molar-refractivity contribution in [3.63, 3.8) is 0 Å². The smallest absolute Gasteiger partial charge is 0.338 e. The molecule has 0 radical (unpaired) electrons. The molecule has 0 saturated carbocycles. The summed E-state index contributed by atoms with van der Waals surface area (Å²) in [6.07, 6.45) is 0. The largest absolute Gasteiger partial charge is 0.465 e. The minimum atomic E-state index is -0.683. The van der Waals surface area contributed by atoms with Crippen LogP contribution in [-0.2, 0) is 11.8 Å². The van der Waals surface area contributed by atoms with Crippen LogP contribution in [0.2, 0.25) is 5.02 Å². The van der Waals surface area contributed by atoms with Crippen LogP contribution in [0.3, 0.4) is 0 Å². The highest BCUT2D eigenvalue weighted by atomic mass is 35.5. The van der Waals surface area contributed by atoms with Crippen molar-refractivity contribution in [2.75, 3.05) is 12.4 Å². The van der Waals surface area contributed by atoms with Gasteiger partial charge >= 0.3 is 5.97 Å². The number of halogens is 1. The van der Waals surface area contributed by atoms with Gasteiger partial charge in [0.2, 0.25) is 5.43 Å². The van der Waals surface area contributed by atoms with Crippen LogP contribution in [0.25, 0.3) is 10.9 Å². The van der Waals surface area contributed by atoms with Crippen LogP contribution in [0.4, 0.5) is 5.69 Å². The molecule has 0 spiro atoms. The van der Waals surface area contributed by atoms with Gasteiger partial charge in [0.05, 0.1) is 23.6 Å². The fourth-order valence-electron chi connectivity index (χ4n) is 2.72. The Bertz CT molecular complexity index is 1140. The summed E-state index contributed by atoms with van der Waals surface area (Å²) in [5.41, 5.74) is 1.14. The number of nitrogens with zero attached hydrogens (tertiary/aromatic N) is 2. The predicted molar refractivity (Wildman–Crippen MR) is 102 cm³/mol. The molecule has 0 aliphatic heterocycles. The fourth-order valence-corrected chi connectivity index (χ4v) is 2.89. The summed E-state index contributed by atoms with van der Waals surface area (Å²) < 4.78 is 6.17. The van der Waals surface area contributed by atoms with Crippen molar-refractivity contribution in [2.45, 2.75) is 6.92 Å². The van der Waals surface area contributed by atoms with Crippen molar-refractivity contribution >= 4 is 40.1 Å². The van der Waals surface area contributed by atoms with E-state index in [4.69, 9.17) is 16.3 Å². The predicted octanol–water partition coefficient (Wildman–Crippen LogP) is 2.93. The Kier molecular flexibility index (Phi) is 4.96. The lowest BCUT2D eigenvalue weighted by atomic mass is 10.1. The third-order valence-corrected chi connectivity index (χ3v) is 4.37. The fraction of sp³-hybridized carbons (Fsp3) is 0.158. The van der Waals surface area contributed by atoms with Crippen LogP contribution >= 0.6 is 11.6 Å². The Hall–Kier alpha value is -3.19. The maximum Gasteiger partial charge on any atom is 0.338 e. The van der Waals surface area contributed by atoms with Gasteiger partial charge in [-0.2, -0.15) is 5.10 Å². The topological polar surface area (TPSA) is 90.3 Å². The molecular weight excluding hydrogens is 370 g/mol. The Morgan fingerprint density at radius 2 is 1.93 bits per heavy atom. The summed E-state index contributed by atoms with van der Waals surface area (Å²) in [7, 11) is 2.91. The molecular formula is C19H16ClN3O4. The maximum atomic E-state index is 12.7. The van der Waals surface area contributed by atoms with Crippen molar-refractivity contribution in [3.05, 3.63) is 68.5 Å². The second kappa shape index (κ2) is 7.20. The number of benzene rings is 2. The lowest BCUT2D eigenvalue weighted by molar-refractivity contribution is 0.0599. The van der Waals surface area contributed by atoms with Crippen LogP contribution in [0.5, 0.6) is 0 Å². The van der Waals surface area contributed by atoms with E-state index in [0.717, 1.165) is 0 Å². The number of amides is 1. The van der Waals surface area contributed by atoms with E-state index in [1.54, 1.807) is 38.2 Å². The number of rotatable bonds is 3. The Morgan fingerprint density at radius 3 is 2.63 bits per heavy atom. The molecule has 8 heteroatoms. The van der Waals surface area contributed by atoms with Crippen molar-refractivity contribution < 1.29 is 14.3 Å². The Balaban J connectivity index is 2.01. The first-order valence-electron chi connectivity index (χ1n) is 7.98. The zero-order chi connectivity index (χ0) is 19.7. The number of carbonyl (C=O) groups excluding carboxylic acids is 2. The van der Waals surface area contributed by atoms with Crippen LogP contribution in [0, 0.1) is 6.92 Å². The highest BCUT2D eigenvalue weighted by molar-refractivity contribution is 6.31. The summed E-state index contributed by atoms with van der Waals surface area (Å²) in [6.45, 7) is 1.75. The zero-order valence-electron chi connectivity index (χ0n) is 14.9. The van der Waals surface area contributed by atoms with Gasteiger partial charge in [-0.15, -0.1) is 0 Å². The molecule has 1 amide bonds. The molecule has 27 heavy (non-hydrogen) atoms. The summed E-state index contributed by atoms with van der Waals surface area (Å²) in [4.78, 5) is 37.1. The van der Waals surface area contributed by atoms with E-state index in [9.17, 15) is 14.4 Å². The van der Waals surface area contributed by atoms with Crippen LogP contribution in [0.15, 0.2) is 41.2 Å². The van der Waals surface area contributed by atoms with Gasteiger partial charge in [0.1, 0.15) is 0 Å². The second-order valence-corrected chi connectivity index (χ2v) is 6.37. The molecule has 1 aromatic heterocycles. The van der Waals surface area contributed by atoms with E-state index >= 15 is 0 Å². The minimum absolute atomic E-state index is 0.271. The molecule has 138 valence electrons. The molecule has 0 atom stereocenters. The number of carbonyl (C=O) groups is 2. The van der Waals surface area contributed by atoms with E-state index in [2.05, 4.69) is 10.4 Å². The second-order valence-electron chi connectivity index (χ2n) is 5.94. The van der Waals surface area contributed by atoms with Crippen molar-refractivity contribution in [3.8, 4) is 0 Å². The summed E-state index contributed by atoms with van der Waals surface area (Å²) in [5, 5.41) is 7.35. The Labute approximate surface area is 159 Å². The number of esters is 1. The number of anilines is 1. The normalized spacial score (nSPS) is 10.7. The Morgan fingerprint density at radius 1 is 1.19 bits per heavy atom. The van der Waals surface area contributed by atoms with Crippen LogP contribution < -0.4 is 10.7 Å². The molecule has 3 aromatic rings. The summed E-state index contributed by atoms with van der Waals surface area (Å²) in [6, 6.07) is 9.60. The highest BCUT2D eigenvalue weighted by Gasteiger charge is 2.18. The molecule has 3 rings (SSSR count). The number of hydrogen-bond donors (Lipinski definition) is 1. The average molecular weight is 386 g/mol. The quantitative estimate of drug-likeness (QED) is 0.700. The molecule has 0 aliphatic rings. The van der Waals surface area contributed by atoms with Gasteiger partial charge in [0.15, 0.2) is 5.69 Å². The van der Waals surface area contributed by atoms with E-state index in [1.165, 1.54) is 23.9 Å². The van der Waals surface area contributed by atoms with Gasteiger partial charge in [0, 0.05) is 17.8 Å². The van der Waals surface area contributed by atoms with Gasteiger partial charge in [0.25, 0.3) is 5.91 Å². The summed E-state index contributed by atoms with van der Waals surface area (Å²) in [5.74, 6) is -1.20. The first-order valence-corrected chi connectivity index (χ1v) is 8.36. The molecule has 7 nitrogen and oxygen atoms in total. The number of fused-ring (bicyclic) bond motifs is 1. The molecule has 0 aliphatic carbocycles. The maximum absolute atomic E-state index is 12.7. The highest BCUT2D eigenvalue weighted by Crippen LogP contribution is 2.18. The molecule has 0 bridgehead atoms. The lowest BCUT2D eigenvalue weighted by Gasteiger charge is -2.10. The van der Waals surface area contributed by atoms with Crippen molar-refractivity contribution in [1.29, 1.82) is 0 Å². The first-order chi connectivity index (χ1) is 12.8. The van der Waals surface area contributed by atoms with Gasteiger partial charge < -0.3 is 10.1 Å². The van der Waals surface area contributed by atoms with E-state index in [0.29, 0.717) is 32.7 Å². The third kappa shape index (κ3) is 3.54. The van der Waals surface area contributed by atoms with Gasteiger partial charge in [-0.05, 0) is 42.8 Å². The zero-order valence-corrected chi connectivity index (χ0v) is 15.6.